The van der Waals surface area contributed by atoms with Crippen LogP contribution in [-0.2, 0) is 4.74 Å². The molecule has 106 valence electrons. The molecule has 1 unspecified atom stereocenters. The molecule has 3 heteroatoms. The van der Waals surface area contributed by atoms with Crippen LogP contribution in [-0.4, -0.2) is 29.2 Å². The number of amides is 1. The van der Waals surface area contributed by atoms with Crippen molar-refractivity contribution >= 4 is 6.09 Å². The average Bonchev–Trinajstić information content (AvgIpc) is 2.38. The van der Waals surface area contributed by atoms with Crippen LogP contribution in [0.25, 0.3) is 0 Å². The molecule has 19 heavy (non-hydrogen) atoms. The maximum absolute atomic E-state index is 12.3. The van der Waals surface area contributed by atoms with E-state index < -0.39 is 5.60 Å². The Morgan fingerprint density at radius 1 is 1.32 bits per heavy atom. The molecule has 2 aliphatic rings. The smallest absolute Gasteiger partial charge is 0.410 e. The van der Waals surface area contributed by atoms with Crippen molar-refractivity contribution in [3.05, 3.63) is 23.8 Å². The highest BCUT2D eigenvalue weighted by Crippen LogP contribution is 2.27. The first-order valence-electron chi connectivity index (χ1n) is 7.33. The third-order valence-corrected chi connectivity index (χ3v) is 3.54. The minimum atomic E-state index is -0.421. The van der Waals surface area contributed by atoms with Crippen molar-refractivity contribution in [2.45, 2.75) is 64.5 Å². The van der Waals surface area contributed by atoms with Crippen LogP contribution in [0.5, 0.6) is 0 Å². The van der Waals surface area contributed by atoms with Crippen molar-refractivity contribution in [1.29, 1.82) is 0 Å². The summed E-state index contributed by atoms with van der Waals surface area (Å²) in [6.07, 6.45) is 12.0. The van der Waals surface area contributed by atoms with Gasteiger partial charge in [-0.3, -0.25) is 0 Å². The largest absolute Gasteiger partial charge is 0.444 e. The van der Waals surface area contributed by atoms with Crippen molar-refractivity contribution in [3.8, 4) is 0 Å². The number of ether oxygens (including phenoxy) is 1. The molecule has 2 rings (SSSR count). The normalized spacial score (nSPS) is 24.1. The molecule has 0 N–H and O–H groups in total. The standard InChI is InChI=1S/C16H25NO2/c1-16(2,3)19-15(18)17-12-8-7-11-14(17)13-9-5-4-6-10-13/h5,9-10,14H,4,6-8,11-12H2,1-3H3. The van der Waals surface area contributed by atoms with Gasteiger partial charge in [0.15, 0.2) is 0 Å². The minimum Gasteiger partial charge on any atom is -0.444 e. The first-order chi connectivity index (χ1) is 8.97. The van der Waals surface area contributed by atoms with Crippen LogP contribution in [0.15, 0.2) is 23.8 Å². The van der Waals surface area contributed by atoms with Crippen molar-refractivity contribution in [2.75, 3.05) is 6.54 Å². The number of piperidine rings is 1. The molecule has 1 aliphatic carbocycles. The number of hydrogen-bond acceptors (Lipinski definition) is 2. The maximum atomic E-state index is 12.3. The monoisotopic (exact) mass is 263 g/mol. The van der Waals surface area contributed by atoms with Gasteiger partial charge in [0.1, 0.15) is 5.60 Å². The molecular formula is C16H25NO2. The number of nitrogens with zero attached hydrogens (tertiary/aromatic N) is 1. The van der Waals surface area contributed by atoms with Gasteiger partial charge in [0, 0.05) is 6.54 Å². The fraction of sp³-hybridized carbons (Fsp3) is 0.688. The van der Waals surface area contributed by atoms with Gasteiger partial charge in [-0.25, -0.2) is 4.79 Å². The molecule has 1 fully saturated rings. The zero-order chi connectivity index (χ0) is 13.9. The third kappa shape index (κ3) is 3.85. The Hall–Kier alpha value is -1.25. The predicted octanol–water partition coefficient (Wildman–Crippen LogP) is 4.05. The summed E-state index contributed by atoms with van der Waals surface area (Å²) in [5.74, 6) is 0. The van der Waals surface area contributed by atoms with Gasteiger partial charge in [-0.2, -0.15) is 0 Å². The van der Waals surface area contributed by atoms with Gasteiger partial charge in [-0.1, -0.05) is 18.2 Å². The van der Waals surface area contributed by atoms with Crippen LogP contribution in [0.2, 0.25) is 0 Å². The molecule has 1 saturated heterocycles. The summed E-state index contributed by atoms with van der Waals surface area (Å²) in [5, 5.41) is 0. The fourth-order valence-electron chi connectivity index (χ4n) is 2.70. The molecule has 0 aromatic carbocycles. The minimum absolute atomic E-state index is 0.169. The second-order valence-electron chi connectivity index (χ2n) is 6.37. The van der Waals surface area contributed by atoms with Gasteiger partial charge in [0.2, 0.25) is 0 Å². The Labute approximate surface area is 116 Å². The van der Waals surface area contributed by atoms with E-state index in [2.05, 4.69) is 18.2 Å². The van der Waals surface area contributed by atoms with E-state index in [-0.39, 0.29) is 12.1 Å². The van der Waals surface area contributed by atoms with Gasteiger partial charge in [-0.05, 0) is 58.4 Å². The molecule has 0 saturated carbocycles. The highest BCUT2D eigenvalue weighted by Gasteiger charge is 2.31. The zero-order valence-corrected chi connectivity index (χ0v) is 12.3. The van der Waals surface area contributed by atoms with E-state index in [1.807, 2.05) is 25.7 Å². The Morgan fingerprint density at radius 2 is 2.11 bits per heavy atom. The third-order valence-electron chi connectivity index (χ3n) is 3.54. The lowest BCUT2D eigenvalue weighted by Gasteiger charge is -2.37. The molecule has 1 atom stereocenters. The van der Waals surface area contributed by atoms with Crippen molar-refractivity contribution in [1.82, 2.24) is 4.90 Å². The van der Waals surface area contributed by atoms with Gasteiger partial charge < -0.3 is 9.64 Å². The number of carbonyl (C=O) groups excluding carboxylic acids is 1. The molecule has 1 aliphatic heterocycles. The SMILES string of the molecule is CC(C)(C)OC(=O)N1CCCCC1C1=CCCC=C1. The Morgan fingerprint density at radius 3 is 2.74 bits per heavy atom. The zero-order valence-electron chi connectivity index (χ0n) is 12.3. The molecule has 3 nitrogen and oxygen atoms in total. The molecule has 0 radical (unpaired) electrons. The van der Waals surface area contributed by atoms with Crippen LogP contribution in [0.1, 0.15) is 52.9 Å². The molecule has 1 heterocycles. The van der Waals surface area contributed by atoms with Crippen LogP contribution >= 0.6 is 0 Å². The first-order valence-corrected chi connectivity index (χ1v) is 7.33. The summed E-state index contributed by atoms with van der Waals surface area (Å²) < 4.78 is 5.53. The first kappa shape index (κ1) is 14.2. The van der Waals surface area contributed by atoms with Gasteiger partial charge >= 0.3 is 6.09 Å². The highest BCUT2D eigenvalue weighted by molar-refractivity contribution is 5.69. The molecule has 0 aromatic heterocycles. The lowest BCUT2D eigenvalue weighted by Crippen LogP contribution is -2.46. The maximum Gasteiger partial charge on any atom is 0.410 e. The molecule has 1 amide bonds. The summed E-state index contributed by atoms with van der Waals surface area (Å²) in [6, 6.07) is 0.208. The summed E-state index contributed by atoms with van der Waals surface area (Å²) in [4.78, 5) is 14.2. The number of hydrogen-bond donors (Lipinski definition) is 0. The Balaban J connectivity index is 2.09. The second kappa shape index (κ2) is 5.81. The van der Waals surface area contributed by atoms with Crippen molar-refractivity contribution in [3.63, 3.8) is 0 Å². The molecule has 0 bridgehead atoms. The van der Waals surface area contributed by atoms with E-state index in [0.717, 1.165) is 32.2 Å². The van der Waals surface area contributed by atoms with E-state index in [1.165, 1.54) is 12.0 Å². The predicted molar refractivity (Wildman–Crippen MR) is 77.0 cm³/mol. The highest BCUT2D eigenvalue weighted by atomic mass is 16.6. The number of likely N-dealkylation sites (tertiary alicyclic amines) is 1. The summed E-state index contributed by atoms with van der Waals surface area (Å²) in [6.45, 7) is 6.57. The van der Waals surface area contributed by atoms with E-state index >= 15 is 0 Å². The van der Waals surface area contributed by atoms with E-state index in [1.54, 1.807) is 0 Å². The summed E-state index contributed by atoms with van der Waals surface area (Å²) >= 11 is 0. The van der Waals surface area contributed by atoms with Crippen molar-refractivity contribution < 1.29 is 9.53 Å². The van der Waals surface area contributed by atoms with E-state index in [0.29, 0.717) is 0 Å². The van der Waals surface area contributed by atoms with Gasteiger partial charge in [0.25, 0.3) is 0 Å². The topological polar surface area (TPSA) is 29.5 Å². The van der Waals surface area contributed by atoms with E-state index in [9.17, 15) is 4.79 Å². The van der Waals surface area contributed by atoms with Crippen LogP contribution in [0.4, 0.5) is 4.79 Å². The lowest BCUT2D eigenvalue weighted by atomic mass is 9.92. The Kier molecular flexibility index (Phi) is 4.33. The Bertz CT molecular complexity index is 390. The van der Waals surface area contributed by atoms with Gasteiger partial charge in [0.05, 0.1) is 6.04 Å². The quantitative estimate of drug-likeness (QED) is 0.714. The lowest BCUT2D eigenvalue weighted by molar-refractivity contribution is 0.0141. The second-order valence-corrected chi connectivity index (χ2v) is 6.37. The summed E-state index contributed by atoms with van der Waals surface area (Å²) in [5.41, 5.74) is 0.868. The van der Waals surface area contributed by atoms with Gasteiger partial charge in [-0.15, -0.1) is 0 Å². The van der Waals surface area contributed by atoms with E-state index in [4.69, 9.17) is 4.74 Å². The number of carbonyl (C=O) groups is 1. The molecule has 0 aromatic rings. The van der Waals surface area contributed by atoms with Crippen molar-refractivity contribution in [2.24, 2.45) is 0 Å². The van der Waals surface area contributed by atoms with Crippen LogP contribution in [0, 0.1) is 0 Å². The molecular weight excluding hydrogens is 238 g/mol. The average molecular weight is 263 g/mol. The number of allylic oxidation sites excluding steroid dienone is 2. The summed E-state index contributed by atoms with van der Waals surface area (Å²) in [7, 11) is 0. The molecule has 0 spiro atoms. The fourth-order valence-corrected chi connectivity index (χ4v) is 2.70. The van der Waals surface area contributed by atoms with Crippen LogP contribution in [0.3, 0.4) is 0 Å². The van der Waals surface area contributed by atoms with Crippen LogP contribution < -0.4 is 0 Å². The number of rotatable bonds is 1.